The summed E-state index contributed by atoms with van der Waals surface area (Å²) in [6, 6.07) is 11.9. The Kier molecular flexibility index (Phi) is 6.44. The normalized spacial score (nSPS) is 12.8. The van der Waals surface area contributed by atoms with Crippen LogP contribution in [0.2, 0.25) is 0 Å². The lowest BCUT2D eigenvalue weighted by molar-refractivity contribution is -0.00855. The molecule has 0 unspecified atom stereocenters. The molecule has 35 heavy (non-hydrogen) atoms. The third-order valence-electron chi connectivity index (χ3n) is 5.49. The number of aliphatic hydroxyl groups is 1. The average molecular weight is 478 g/mol. The summed E-state index contributed by atoms with van der Waals surface area (Å²) in [6.45, 7) is 5.32. The van der Waals surface area contributed by atoms with Crippen molar-refractivity contribution in [1.82, 2.24) is 0 Å². The molecule has 0 aliphatic carbocycles. The summed E-state index contributed by atoms with van der Waals surface area (Å²) in [5, 5.41) is 12.0. The quantitative estimate of drug-likeness (QED) is 0.240. The largest absolute Gasteiger partial charge is 0.496 e. The molecule has 0 radical (unpaired) electrons. The van der Waals surface area contributed by atoms with Gasteiger partial charge in [-0.25, -0.2) is 14.4 Å². The molecular formula is C26H22O9. The van der Waals surface area contributed by atoms with Crippen molar-refractivity contribution in [3.8, 4) is 11.5 Å². The first-order valence-electron chi connectivity index (χ1n) is 10.5. The molecule has 0 spiro atoms. The smallest absolute Gasteiger partial charge is 0.346 e. The number of ether oxygens (including phenoxy) is 3. The minimum atomic E-state index is -1.41. The molecule has 4 aromatic rings. The Hall–Kier alpha value is -4.37. The highest BCUT2D eigenvalue weighted by atomic mass is 16.6. The molecule has 9 heteroatoms. The Morgan fingerprint density at radius 2 is 1.37 bits per heavy atom. The minimum Gasteiger partial charge on any atom is -0.496 e. The van der Waals surface area contributed by atoms with Gasteiger partial charge in [0.25, 0.3) is 0 Å². The number of hydrogen-bond acceptors (Lipinski definition) is 9. The summed E-state index contributed by atoms with van der Waals surface area (Å²) in [7, 11) is 2.74. The maximum Gasteiger partial charge on any atom is 0.346 e. The van der Waals surface area contributed by atoms with Gasteiger partial charge in [-0.15, -0.1) is 0 Å². The van der Waals surface area contributed by atoms with Crippen LogP contribution in [0.5, 0.6) is 11.5 Å². The molecule has 2 atom stereocenters. The van der Waals surface area contributed by atoms with E-state index < -0.39 is 29.4 Å². The number of rotatable bonds is 7. The van der Waals surface area contributed by atoms with Gasteiger partial charge in [-0.3, -0.25) is 0 Å². The molecule has 0 fully saturated rings. The predicted molar refractivity (Wildman–Crippen MR) is 127 cm³/mol. The van der Waals surface area contributed by atoms with Crippen LogP contribution < -0.4 is 20.7 Å². The average Bonchev–Trinajstić information content (AvgIpc) is 2.85. The van der Waals surface area contributed by atoms with Crippen LogP contribution in [0.4, 0.5) is 0 Å². The van der Waals surface area contributed by atoms with Gasteiger partial charge in [-0.1, -0.05) is 6.58 Å². The van der Waals surface area contributed by atoms with Gasteiger partial charge in [0.15, 0.2) is 11.7 Å². The third-order valence-corrected chi connectivity index (χ3v) is 5.49. The Bertz CT molecular complexity index is 1560. The van der Waals surface area contributed by atoms with Crippen molar-refractivity contribution in [3.63, 3.8) is 0 Å². The lowest BCUT2D eigenvalue weighted by Gasteiger charge is -2.26. The van der Waals surface area contributed by atoms with Gasteiger partial charge < -0.3 is 28.2 Å². The highest BCUT2D eigenvalue weighted by molar-refractivity contribution is 6.04. The van der Waals surface area contributed by atoms with Crippen LogP contribution in [0.1, 0.15) is 28.9 Å². The number of benzene rings is 2. The van der Waals surface area contributed by atoms with Crippen LogP contribution in [0, 0.1) is 0 Å². The second-order valence-corrected chi connectivity index (χ2v) is 7.79. The number of carbonyl (C=O) groups is 1. The monoisotopic (exact) mass is 478 g/mol. The molecule has 0 saturated heterocycles. The van der Waals surface area contributed by atoms with Gasteiger partial charge in [0.1, 0.15) is 28.7 Å². The van der Waals surface area contributed by atoms with Crippen LogP contribution in [0.3, 0.4) is 0 Å². The molecule has 4 rings (SSSR count). The van der Waals surface area contributed by atoms with E-state index in [9.17, 15) is 19.5 Å². The van der Waals surface area contributed by atoms with Crippen LogP contribution in [-0.4, -0.2) is 31.4 Å². The fraction of sp³-hybridized carbons (Fsp3) is 0.192. The molecule has 2 aromatic carbocycles. The second-order valence-electron chi connectivity index (χ2n) is 7.79. The molecule has 0 bridgehead atoms. The molecule has 2 aromatic heterocycles. The zero-order chi connectivity index (χ0) is 25.3. The topological polar surface area (TPSA) is 125 Å². The van der Waals surface area contributed by atoms with Gasteiger partial charge in [0.2, 0.25) is 0 Å². The van der Waals surface area contributed by atoms with Crippen molar-refractivity contribution in [2.45, 2.75) is 19.1 Å². The summed E-state index contributed by atoms with van der Waals surface area (Å²) in [5.74, 6) is -0.650. The highest BCUT2D eigenvalue weighted by Crippen LogP contribution is 2.39. The van der Waals surface area contributed by atoms with Gasteiger partial charge in [0, 0.05) is 22.9 Å². The summed E-state index contributed by atoms with van der Waals surface area (Å²) in [4.78, 5) is 37.4. The van der Waals surface area contributed by atoms with E-state index in [0.29, 0.717) is 10.8 Å². The van der Waals surface area contributed by atoms with E-state index >= 15 is 0 Å². The molecule has 9 nitrogen and oxygen atoms in total. The number of hydrogen-bond donors (Lipinski definition) is 1. The first-order chi connectivity index (χ1) is 16.7. The van der Waals surface area contributed by atoms with E-state index in [0.717, 1.165) is 0 Å². The van der Waals surface area contributed by atoms with Crippen molar-refractivity contribution in [2.24, 2.45) is 0 Å². The van der Waals surface area contributed by atoms with Crippen molar-refractivity contribution in [2.75, 3.05) is 14.2 Å². The van der Waals surface area contributed by atoms with E-state index in [2.05, 4.69) is 6.58 Å². The number of fused-ring (bicyclic) bond motifs is 2. The SMILES string of the molecule is C=C(C)[C@@H](O)[C@H](OC(=O)c1c(OC)ccc2ccc(=O)oc12)c1c(OC)ccc2ccc(=O)oc12. The number of aliphatic hydroxyl groups excluding tert-OH is 1. The third kappa shape index (κ3) is 4.41. The molecule has 0 aliphatic heterocycles. The number of esters is 1. The molecule has 0 saturated carbocycles. The summed E-state index contributed by atoms with van der Waals surface area (Å²) < 4.78 is 27.2. The zero-order valence-electron chi connectivity index (χ0n) is 19.2. The summed E-state index contributed by atoms with van der Waals surface area (Å²) >= 11 is 0. The molecular weight excluding hydrogens is 456 g/mol. The molecule has 180 valence electrons. The molecule has 1 N–H and O–H groups in total. The first-order valence-corrected chi connectivity index (χ1v) is 10.5. The van der Waals surface area contributed by atoms with Gasteiger partial charge >= 0.3 is 17.2 Å². The lowest BCUT2D eigenvalue weighted by Crippen LogP contribution is -2.26. The van der Waals surface area contributed by atoms with Crippen molar-refractivity contribution >= 4 is 27.9 Å². The molecule has 0 aliphatic rings. The minimum absolute atomic E-state index is 0.0400. The number of carbonyl (C=O) groups excluding carboxylic acids is 1. The predicted octanol–water partition coefficient (Wildman–Crippen LogP) is 3.75. The van der Waals surface area contributed by atoms with Crippen molar-refractivity contribution in [3.05, 3.63) is 92.7 Å². The van der Waals surface area contributed by atoms with E-state index in [1.54, 1.807) is 31.2 Å². The number of methoxy groups -OCH3 is 2. The lowest BCUT2D eigenvalue weighted by atomic mass is 9.96. The maximum atomic E-state index is 13.5. The Morgan fingerprint density at radius 3 is 1.94 bits per heavy atom. The van der Waals surface area contributed by atoms with Crippen LogP contribution in [0.25, 0.3) is 21.9 Å². The van der Waals surface area contributed by atoms with Gasteiger partial charge in [0.05, 0.1) is 19.8 Å². The first kappa shape index (κ1) is 23.8. The van der Waals surface area contributed by atoms with Crippen molar-refractivity contribution < 1.29 is 32.9 Å². The summed E-state index contributed by atoms with van der Waals surface area (Å²) in [6.07, 6.45) is -2.81. The standard InChI is InChI=1S/C26H22O9/c1-13(2)22(29)25(20-16(31-3)9-5-14-7-11-18(27)33-23(14)20)35-26(30)21-17(32-4)10-6-15-8-12-19(28)34-24(15)21/h5-12,22,25,29H,1H2,2-4H3/t22-,25-/m1/s1. The Balaban J connectivity index is 1.94. The Morgan fingerprint density at radius 1 is 0.857 bits per heavy atom. The second kappa shape index (κ2) is 9.47. The van der Waals surface area contributed by atoms with E-state index in [4.69, 9.17) is 23.0 Å². The highest BCUT2D eigenvalue weighted by Gasteiger charge is 2.34. The summed E-state index contributed by atoms with van der Waals surface area (Å²) in [5.41, 5.74) is -1.02. The van der Waals surface area contributed by atoms with Gasteiger partial charge in [-0.2, -0.15) is 0 Å². The van der Waals surface area contributed by atoms with Crippen LogP contribution >= 0.6 is 0 Å². The van der Waals surface area contributed by atoms with Crippen LogP contribution in [-0.2, 0) is 4.74 Å². The van der Waals surface area contributed by atoms with Gasteiger partial charge in [-0.05, 0) is 48.9 Å². The fourth-order valence-corrected chi connectivity index (χ4v) is 3.77. The van der Waals surface area contributed by atoms with Crippen LogP contribution in [0.15, 0.2) is 79.1 Å². The zero-order valence-corrected chi connectivity index (χ0v) is 19.2. The fourth-order valence-electron chi connectivity index (χ4n) is 3.77. The van der Waals surface area contributed by atoms with E-state index in [1.807, 2.05) is 0 Å². The van der Waals surface area contributed by atoms with Crippen molar-refractivity contribution in [1.29, 1.82) is 0 Å². The van der Waals surface area contributed by atoms with E-state index in [-0.39, 0.29) is 39.4 Å². The van der Waals surface area contributed by atoms with E-state index in [1.165, 1.54) is 38.5 Å². The Labute approximate surface area is 198 Å². The molecule has 0 amide bonds. The maximum absolute atomic E-state index is 13.5. The molecule has 2 heterocycles.